The maximum absolute atomic E-state index is 12.0. The summed E-state index contributed by atoms with van der Waals surface area (Å²) < 4.78 is 26.4. The van der Waals surface area contributed by atoms with Gasteiger partial charge in [-0.05, 0) is 68.7 Å². The van der Waals surface area contributed by atoms with Crippen molar-refractivity contribution in [3.63, 3.8) is 0 Å². The van der Waals surface area contributed by atoms with Crippen LogP contribution in [0.2, 0.25) is 0 Å². The van der Waals surface area contributed by atoms with E-state index in [4.69, 9.17) is 0 Å². The monoisotopic (exact) mass is 401 g/mol. The minimum atomic E-state index is -3.33. The Bertz CT molecular complexity index is 907. The molecule has 0 unspecified atom stereocenters. The molecule has 1 heterocycles. The van der Waals surface area contributed by atoms with Crippen LogP contribution in [0.1, 0.15) is 38.7 Å². The second-order valence-electron chi connectivity index (χ2n) is 7.30. The number of piperidine rings is 1. The number of amides is 1. The third-order valence-corrected chi connectivity index (χ3v) is 6.60. The van der Waals surface area contributed by atoms with Crippen LogP contribution in [0, 0.1) is 0 Å². The number of benzene rings is 2. The van der Waals surface area contributed by atoms with Crippen LogP contribution in [-0.4, -0.2) is 26.1 Å². The van der Waals surface area contributed by atoms with Gasteiger partial charge < -0.3 is 10.2 Å². The molecule has 28 heavy (non-hydrogen) atoms. The van der Waals surface area contributed by atoms with Gasteiger partial charge >= 0.3 is 0 Å². The number of hydrogen-bond acceptors (Lipinski definition) is 4. The van der Waals surface area contributed by atoms with Crippen LogP contribution in [0.25, 0.3) is 0 Å². The number of nitrogens with zero attached hydrogens (tertiary/aromatic N) is 1. The molecule has 1 fully saturated rings. The Morgan fingerprint density at radius 1 is 0.964 bits per heavy atom. The largest absolute Gasteiger partial charge is 0.381 e. The van der Waals surface area contributed by atoms with Gasteiger partial charge in [-0.1, -0.05) is 12.1 Å². The molecule has 0 radical (unpaired) electrons. The van der Waals surface area contributed by atoms with Crippen molar-refractivity contribution >= 4 is 33.0 Å². The van der Waals surface area contributed by atoms with Crippen molar-refractivity contribution in [3.05, 3.63) is 54.1 Å². The lowest BCUT2D eigenvalue weighted by atomic mass is 10.1. The summed E-state index contributed by atoms with van der Waals surface area (Å²) in [5.41, 5.74) is 3.52. The zero-order chi connectivity index (χ0) is 20.1. The van der Waals surface area contributed by atoms with Gasteiger partial charge in [0.15, 0.2) is 0 Å². The van der Waals surface area contributed by atoms with Gasteiger partial charge in [0.05, 0.1) is 5.25 Å². The first-order valence-corrected chi connectivity index (χ1v) is 11.1. The highest BCUT2D eigenvalue weighted by atomic mass is 32.2. The number of nitrogens with one attached hydrogen (secondary N) is 2. The lowest BCUT2D eigenvalue weighted by Gasteiger charge is -2.26. The smallest absolute Gasteiger partial charge is 0.235 e. The van der Waals surface area contributed by atoms with E-state index in [2.05, 4.69) is 10.0 Å². The average Bonchev–Trinajstić information content (AvgIpc) is 2.68. The fourth-order valence-electron chi connectivity index (χ4n) is 3.01. The van der Waals surface area contributed by atoms with Crippen LogP contribution in [0.5, 0.6) is 0 Å². The summed E-state index contributed by atoms with van der Waals surface area (Å²) >= 11 is 0. The van der Waals surface area contributed by atoms with Crippen LogP contribution in [-0.2, 0) is 21.4 Å². The Labute approximate surface area is 167 Å². The van der Waals surface area contributed by atoms with Gasteiger partial charge in [0.25, 0.3) is 0 Å². The van der Waals surface area contributed by atoms with Gasteiger partial charge in [0, 0.05) is 36.6 Å². The first-order valence-electron chi connectivity index (χ1n) is 9.60. The van der Waals surface area contributed by atoms with Crippen molar-refractivity contribution in [2.75, 3.05) is 21.5 Å². The Morgan fingerprint density at radius 3 is 2.21 bits per heavy atom. The van der Waals surface area contributed by atoms with Crippen molar-refractivity contribution in [1.82, 2.24) is 0 Å². The lowest BCUT2D eigenvalue weighted by molar-refractivity contribution is -0.119. The first kappa shape index (κ1) is 20.2. The molecule has 0 atom stereocenters. The molecule has 1 amide bonds. The van der Waals surface area contributed by atoms with E-state index >= 15 is 0 Å². The molecule has 0 bridgehead atoms. The Morgan fingerprint density at radius 2 is 1.61 bits per heavy atom. The van der Waals surface area contributed by atoms with Gasteiger partial charge in [-0.15, -0.1) is 0 Å². The normalized spacial score (nSPS) is 15.0. The fraction of sp³-hybridized carbons (Fsp3) is 0.381. The quantitative estimate of drug-likeness (QED) is 0.736. The molecule has 1 saturated heterocycles. The van der Waals surface area contributed by atoms with Crippen molar-refractivity contribution in [2.24, 2.45) is 0 Å². The minimum absolute atomic E-state index is 0.195. The van der Waals surface area contributed by atoms with Crippen LogP contribution >= 0.6 is 0 Å². The second kappa shape index (κ2) is 8.65. The third kappa shape index (κ3) is 5.04. The molecule has 1 aliphatic heterocycles. The Balaban J connectivity index is 1.56. The molecule has 1 aliphatic rings. The summed E-state index contributed by atoms with van der Waals surface area (Å²) in [6.45, 7) is 4.71. The van der Waals surface area contributed by atoms with Crippen LogP contribution < -0.4 is 14.9 Å². The number of sulfonamides is 1. The maximum Gasteiger partial charge on any atom is 0.235 e. The van der Waals surface area contributed by atoms with E-state index in [1.165, 1.54) is 0 Å². The molecular formula is C21H27N3O3S. The SMILES string of the molecule is CC(C)S(=O)(=O)Nc1ccc(CNc2ccc(N3CCCCC3=O)cc2)cc1. The van der Waals surface area contributed by atoms with Crippen molar-refractivity contribution < 1.29 is 13.2 Å². The predicted octanol–water partition coefficient (Wildman–Crippen LogP) is 3.97. The van der Waals surface area contributed by atoms with Gasteiger partial charge in [0.1, 0.15) is 0 Å². The molecule has 2 aromatic rings. The standard InChI is InChI=1S/C21H27N3O3S/c1-16(2)28(26,27)23-19-8-6-17(7-9-19)15-22-18-10-12-20(13-11-18)24-14-4-3-5-21(24)25/h6-13,16,22-23H,3-5,14-15H2,1-2H3. The van der Waals surface area contributed by atoms with E-state index in [-0.39, 0.29) is 5.91 Å². The maximum atomic E-state index is 12.0. The molecule has 2 N–H and O–H groups in total. The van der Waals surface area contributed by atoms with Crippen LogP contribution in [0.15, 0.2) is 48.5 Å². The van der Waals surface area contributed by atoms with E-state index in [0.717, 1.165) is 36.3 Å². The Hall–Kier alpha value is -2.54. The molecule has 0 spiro atoms. The molecular weight excluding hydrogens is 374 g/mol. The van der Waals surface area contributed by atoms with Gasteiger partial charge in [-0.2, -0.15) is 0 Å². The van der Waals surface area contributed by atoms with Crippen LogP contribution in [0.4, 0.5) is 17.1 Å². The van der Waals surface area contributed by atoms with Crippen molar-refractivity contribution in [2.45, 2.75) is 44.9 Å². The summed E-state index contributed by atoms with van der Waals surface area (Å²) in [6.07, 6.45) is 2.66. The zero-order valence-corrected chi connectivity index (χ0v) is 17.1. The lowest BCUT2D eigenvalue weighted by Crippen LogP contribution is -2.35. The molecule has 3 rings (SSSR count). The summed E-state index contributed by atoms with van der Waals surface area (Å²) in [5, 5.41) is 2.87. The number of rotatable bonds is 7. The number of anilines is 3. The van der Waals surface area contributed by atoms with Crippen molar-refractivity contribution in [1.29, 1.82) is 0 Å². The zero-order valence-electron chi connectivity index (χ0n) is 16.3. The molecule has 2 aromatic carbocycles. The highest BCUT2D eigenvalue weighted by Crippen LogP contribution is 2.23. The summed E-state index contributed by atoms with van der Waals surface area (Å²) in [7, 11) is -3.33. The number of carbonyl (C=O) groups is 1. The van der Waals surface area contributed by atoms with Crippen LogP contribution in [0.3, 0.4) is 0 Å². The summed E-state index contributed by atoms with van der Waals surface area (Å²) in [5.74, 6) is 0.195. The molecule has 7 heteroatoms. The van der Waals surface area contributed by atoms with E-state index in [0.29, 0.717) is 18.7 Å². The first-order chi connectivity index (χ1) is 13.3. The van der Waals surface area contributed by atoms with E-state index in [1.54, 1.807) is 26.0 Å². The predicted molar refractivity (Wildman–Crippen MR) is 114 cm³/mol. The molecule has 0 aromatic heterocycles. The number of carbonyl (C=O) groups excluding carboxylic acids is 1. The third-order valence-electron chi connectivity index (χ3n) is 4.83. The number of hydrogen-bond donors (Lipinski definition) is 2. The molecule has 6 nitrogen and oxygen atoms in total. The fourth-order valence-corrected chi connectivity index (χ4v) is 3.72. The van der Waals surface area contributed by atoms with E-state index in [1.807, 2.05) is 41.3 Å². The molecule has 0 saturated carbocycles. The average molecular weight is 402 g/mol. The minimum Gasteiger partial charge on any atom is -0.381 e. The topological polar surface area (TPSA) is 78.5 Å². The summed E-state index contributed by atoms with van der Waals surface area (Å²) in [4.78, 5) is 13.9. The van der Waals surface area contributed by atoms with Gasteiger partial charge in [-0.25, -0.2) is 8.42 Å². The van der Waals surface area contributed by atoms with Gasteiger partial charge in [0.2, 0.25) is 15.9 Å². The van der Waals surface area contributed by atoms with Crippen molar-refractivity contribution in [3.8, 4) is 0 Å². The second-order valence-corrected chi connectivity index (χ2v) is 9.53. The highest BCUT2D eigenvalue weighted by Gasteiger charge is 2.19. The molecule has 0 aliphatic carbocycles. The Kier molecular flexibility index (Phi) is 6.24. The highest BCUT2D eigenvalue weighted by molar-refractivity contribution is 7.93. The van der Waals surface area contributed by atoms with Gasteiger partial charge in [-0.3, -0.25) is 9.52 Å². The van der Waals surface area contributed by atoms with E-state index < -0.39 is 15.3 Å². The summed E-state index contributed by atoms with van der Waals surface area (Å²) in [6, 6.07) is 15.2. The van der Waals surface area contributed by atoms with E-state index in [9.17, 15) is 13.2 Å². The molecule has 150 valence electrons.